The highest BCUT2D eigenvalue weighted by Gasteiger charge is 2.13. The first-order valence-corrected chi connectivity index (χ1v) is 3.45. The van der Waals surface area contributed by atoms with Gasteiger partial charge in [0.1, 0.15) is 0 Å². The molecule has 0 saturated heterocycles. The van der Waals surface area contributed by atoms with Crippen LogP contribution in [0.5, 0.6) is 0 Å². The zero-order chi connectivity index (χ0) is 8.91. The van der Waals surface area contributed by atoms with Gasteiger partial charge in [0.2, 0.25) is 5.91 Å². The summed E-state index contributed by atoms with van der Waals surface area (Å²) in [6, 6.07) is 0. The Morgan fingerprint density at radius 3 is 2.55 bits per heavy atom. The average molecular weight is 154 g/mol. The molecule has 1 amide bonds. The molecular formula is C8H14N2O. The van der Waals surface area contributed by atoms with E-state index in [0.717, 1.165) is 0 Å². The molecule has 0 aromatic rings. The lowest BCUT2D eigenvalue weighted by molar-refractivity contribution is -0.119. The quantitative estimate of drug-likeness (QED) is 0.550. The number of hydrogen-bond donors (Lipinski definition) is 2. The van der Waals surface area contributed by atoms with E-state index in [1.54, 1.807) is 7.05 Å². The zero-order valence-electron chi connectivity index (χ0n) is 7.19. The van der Waals surface area contributed by atoms with Gasteiger partial charge in [-0.2, -0.15) is 0 Å². The van der Waals surface area contributed by atoms with Crippen molar-refractivity contribution in [2.75, 3.05) is 13.6 Å². The molecule has 62 valence electrons. The van der Waals surface area contributed by atoms with Gasteiger partial charge in [-0.1, -0.05) is 5.92 Å². The van der Waals surface area contributed by atoms with Crippen LogP contribution in [-0.4, -0.2) is 25.0 Å². The highest BCUT2D eigenvalue weighted by molar-refractivity contribution is 5.77. The summed E-state index contributed by atoms with van der Waals surface area (Å²) in [6.45, 7) is 3.94. The predicted molar refractivity (Wildman–Crippen MR) is 45.0 cm³/mol. The first-order valence-electron chi connectivity index (χ1n) is 3.45. The summed E-state index contributed by atoms with van der Waals surface area (Å²) in [7, 11) is 1.59. The molecule has 0 radical (unpaired) electrons. The van der Waals surface area contributed by atoms with E-state index < -0.39 is 5.54 Å². The average Bonchev–Trinajstić information content (AvgIpc) is 2.00. The number of amides is 1. The summed E-state index contributed by atoms with van der Waals surface area (Å²) in [5, 5.41) is 5.40. The van der Waals surface area contributed by atoms with Crippen molar-refractivity contribution >= 4 is 5.91 Å². The minimum atomic E-state index is -0.410. The van der Waals surface area contributed by atoms with Crippen molar-refractivity contribution in [2.45, 2.75) is 19.4 Å². The summed E-state index contributed by atoms with van der Waals surface area (Å²) < 4.78 is 0. The van der Waals surface area contributed by atoms with Crippen LogP contribution in [-0.2, 0) is 4.79 Å². The third-order valence-electron chi connectivity index (χ3n) is 1.33. The third-order valence-corrected chi connectivity index (χ3v) is 1.33. The Morgan fingerprint density at radius 2 is 2.18 bits per heavy atom. The zero-order valence-corrected chi connectivity index (χ0v) is 7.19. The number of likely N-dealkylation sites (N-methyl/N-ethyl adjacent to an activating group) is 1. The van der Waals surface area contributed by atoms with E-state index in [9.17, 15) is 4.79 Å². The van der Waals surface area contributed by atoms with Gasteiger partial charge in [0, 0.05) is 7.05 Å². The van der Waals surface area contributed by atoms with E-state index >= 15 is 0 Å². The maximum absolute atomic E-state index is 10.7. The SMILES string of the molecule is C#CC(C)(C)NCC(=O)NC. The van der Waals surface area contributed by atoms with Crippen LogP contribution in [0, 0.1) is 12.3 Å². The summed E-state index contributed by atoms with van der Waals surface area (Å²) in [6.07, 6.45) is 5.19. The molecule has 0 aliphatic carbocycles. The molecule has 0 aromatic carbocycles. The van der Waals surface area contributed by atoms with E-state index in [-0.39, 0.29) is 12.5 Å². The maximum atomic E-state index is 10.7. The largest absolute Gasteiger partial charge is 0.358 e. The Kier molecular flexibility index (Phi) is 3.63. The molecule has 0 rings (SSSR count). The van der Waals surface area contributed by atoms with Crippen LogP contribution in [0.2, 0.25) is 0 Å². The molecule has 0 aromatic heterocycles. The summed E-state index contributed by atoms with van der Waals surface area (Å²) in [4.78, 5) is 10.7. The van der Waals surface area contributed by atoms with Gasteiger partial charge in [-0.25, -0.2) is 0 Å². The number of rotatable bonds is 3. The molecule has 0 aliphatic heterocycles. The number of hydrogen-bond acceptors (Lipinski definition) is 2. The molecule has 11 heavy (non-hydrogen) atoms. The van der Waals surface area contributed by atoms with Crippen molar-refractivity contribution in [3.8, 4) is 12.3 Å². The third kappa shape index (κ3) is 4.40. The fourth-order valence-electron chi connectivity index (χ4n) is 0.441. The van der Waals surface area contributed by atoms with E-state index in [4.69, 9.17) is 6.42 Å². The first-order chi connectivity index (χ1) is 5.02. The van der Waals surface area contributed by atoms with Gasteiger partial charge in [-0.3, -0.25) is 10.1 Å². The first kappa shape index (κ1) is 9.99. The van der Waals surface area contributed by atoms with E-state index in [1.165, 1.54) is 0 Å². The van der Waals surface area contributed by atoms with Crippen LogP contribution in [0.3, 0.4) is 0 Å². The van der Waals surface area contributed by atoms with E-state index in [1.807, 2.05) is 13.8 Å². The highest BCUT2D eigenvalue weighted by Crippen LogP contribution is 1.96. The topological polar surface area (TPSA) is 41.1 Å². The van der Waals surface area contributed by atoms with Crippen LogP contribution in [0.1, 0.15) is 13.8 Å². The Labute approximate surface area is 67.6 Å². The Bertz CT molecular complexity index is 179. The van der Waals surface area contributed by atoms with Crippen molar-refractivity contribution < 1.29 is 4.79 Å². The lowest BCUT2D eigenvalue weighted by atomic mass is 10.1. The molecule has 0 saturated carbocycles. The molecule has 0 spiro atoms. The molecule has 0 fully saturated rings. The second kappa shape index (κ2) is 3.99. The van der Waals surface area contributed by atoms with E-state index in [0.29, 0.717) is 0 Å². The molecule has 0 atom stereocenters. The molecule has 0 aliphatic rings. The Balaban J connectivity index is 3.72. The molecule has 0 heterocycles. The molecule has 0 bridgehead atoms. The number of terminal acetylenes is 1. The van der Waals surface area contributed by atoms with Crippen LogP contribution in [0.15, 0.2) is 0 Å². The van der Waals surface area contributed by atoms with Crippen molar-refractivity contribution in [1.82, 2.24) is 10.6 Å². The Hall–Kier alpha value is -1.01. The number of carbonyl (C=O) groups excluding carboxylic acids is 1. The lowest BCUT2D eigenvalue weighted by Crippen LogP contribution is -2.43. The van der Waals surface area contributed by atoms with Gasteiger partial charge < -0.3 is 5.32 Å². The van der Waals surface area contributed by atoms with Crippen molar-refractivity contribution in [3.05, 3.63) is 0 Å². The molecular weight excluding hydrogens is 140 g/mol. The Morgan fingerprint density at radius 1 is 1.64 bits per heavy atom. The van der Waals surface area contributed by atoms with Crippen LogP contribution in [0.4, 0.5) is 0 Å². The smallest absolute Gasteiger partial charge is 0.233 e. The second-order valence-corrected chi connectivity index (χ2v) is 2.80. The summed E-state index contributed by atoms with van der Waals surface area (Å²) in [5.74, 6) is 2.47. The van der Waals surface area contributed by atoms with Crippen LogP contribution >= 0.6 is 0 Å². The van der Waals surface area contributed by atoms with Gasteiger partial charge in [-0.15, -0.1) is 6.42 Å². The van der Waals surface area contributed by atoms with Gasteiger partial charge in [0.15, 0.2) is 0 Å². The normalized spacial score (nSPS) is 10.4. The van der Waals surface area contributed by atoms with Gasteiger partial charge in [-0.05, 0) is 13.8 Å². The van der Waals surface area contributed by atoms with Crippen LogP contribution < -0.4 is 10.6 Å². The summed E-state index contributed by atoms with van der Waals surface area (Å²) >= 11 is 0. The molecule has 2 N–H and O–H groups in total. The predicted octanol–water partition coefficient (Wildman–Crippen LogP) is -0.266. The van der Waals surface area contributed by atoms with Crippen LogP contribution in [0.25, 0.3) is 0 Å². The second-order valence-electron chi connectivity index (χ2n) is 2.80. The summed E-state index contributed by atoms with van der Waals surface area (Å²) in [5.41, 5.74) is -0.410. The fourth-order valence-corrected chi connectivity index (χ4v) is 0.441. The van der Waals surface area contributed by atoms with Gasteiger partial charge >= 0.3 is 0 Å². The number of carbonyl (C=O) groups is 1. The molecule has 3 nitrogen and oxygen atoms in total. The maximum Gasteiger partial charge on any atom is 0.233 e. The lowest BCUT2D eigenvalue weighted by Gasteiger charge is -2.18. The van der Waals surface area contributed by atoms with Gasteiger partial charge in [0.25, 0.3) is 0 Å². The van der Waals surface area contributed by atoms with Crippen molar-refractivity contribution in [1.29, 1.82) is 0 Å². The van der Waals surface area contributed by atoms with Crippen molar-refractivity contribution in [2.24, 2.45) is 0 Å². The minimum absolute atomic E-state index is 0.0617. The minimum Gasteiger partial charge on any atom is -0.358 e. The fraction of sp³-hybridized carbons (Fsp3) is 0.625. The van der Waals surface area contributed by atoms with Gasteiger partial charge in [0.05, 0.1) is 12.1 Å². The molecule has 0 unspecified atom stereocenters. The number of nitrogens with one attached hydrogen (secondary N) is 2. The highest BCUT2D eigenvalue weighted by atomic mass is 16.1. The molecule has 3 heteroatoms. The van der Waals surface area contributed by atoms with E-state index in [2.05, 4.69) is 16.6 Å². The van der Waals surface area contributed by atoms with Crippen molar-refractivity contribution in [3.63, 3.8) is 0 Å². The monoisotopic (exact) mass is 154 g/mol. The standard InChI is InChI=1S/C8H14N2O/c1-5-8(2,3)10-6-7(11)9-4/h1,10H,6H2,2-4H3,(H,9,11).